The van der Waals surface area contributed by atoms with Crippen LogP contribution in [-0.2, 0) is 20.7 Å². The highest BCUT2D eigenvalue weighted by Crippen LogP contribution is 2.10. The predicted octanol–water partition coefficient (Wildman–Crippen LogP) is 2.44. The van der Waals surface area contributed by atoms with E-state index in [1.165, 1.54) is 6.92 Å². The SMILES string of the molecule is C[C@H](NC(=O)Nc1ccccc1)C(=O)OCC(=O)Nc1ccc(CC#N)cc1. The van der Waals surface area contributed by atoms with Gasteiger partial charge in [-0.05, 0) is 36.8 Å². The van der Waals surface area contributed by atoms with Gasteiger partial charge in [-0.25, -0.2) is 9.59 Å². The zero-order valence-electron chi connectivity index (χ0n) is 15.3. The van der Waals surface area contributed by atoms with E-state index >= 15 is 0 Å². The lowest BCUT2D eigenvalue weighted by Gasteiger charge is -2.14. The van der Waals surface area contributed by atoms with Gasteiger partial charge in [0.25, 0.3) is 5.91 Å². The van der Waals surface area contributed by atoms with Gasteiger partial charge in [0, 0.05) is 11.4 Å². The Morgan fingerprint density at radius 1 is 1.00 bits per heavy atom. The van der Waals surface area contributed by atoms with Crippen LogP contribution in [0.2, 0.25) is 0 Å². The van der Waals surface area contributed by atoms with E-state index in [1.807, 2.05) is 12.1 Å². The van der Waals surface area contributed by atoms with Crippen LogP contribution in [-0.4, -0.2) is 30.6 Å². The van der Waals surface area contributed by atoms with E-state index in [0.717, 1.165) is 5.56 Å². The summed E-state index contributed by atoms with van der Waals surface area (Å²) >= 11 is 0. The molecule has 2 aromatic rings. The third-order valence-electron chi connectivity index (χ3n) is 3.60. The largest absolute Gasteiger partial charge is 0.454 e. The lowest BCUT2D eigenvalue weighted by Crippen LogP contribution is -2.42. The molecule has 0 radical (unpaired) electrons. The molecular weight excluding hydrogens is 360 g/mol. The second-order valence-corrected chi connectivity index (χ2v) is 5.87. The maximum atomic E-state index is 11.9. The van der Waals surface area contributed by atoms with E-state index < -0.39 is 30.6 Å². The Bertz CT molecular complexity index is 860. The van der Waals surface area contributed by atoms with Crippen molar-refractivity contribution in [3.8, 4) is 6.07 Å². The first-order valence-corrected chi connectivity index (χ1v) is 8.53. The van der Waals surface area contributed by atoms with Gasteiger partial charge in [0.15, 0.2) is 6.61 Å². The minimum atomic E-state index is -0.929. The monoisotopic (exact) mass is 380 g/mol. The highest BCUT2D eigenvalue weighted by atomic mass is 16.5. The van der Waals surface area contributed by atoms with Gasteiger partial charge in [-0.2, -0.15) is 5.26 Å². The lowest BCUT2D eigenvalue weighted by atomic mass is 10.1. The predicted molar refractivity (Wildman–Crippen MR) is 103 cm³/mol. The van der Waals surface area contributed by atoms with E-state index in [-0.39, 0.29) is 6.42 Å². The molecular formula is C20H20N4O4. The highest BCUT2D eigenvalue weighted by Gasteiger charge is 2.18. The van der Waals surface area contributed by atoms with Crippen molar-refractivity contribution in [3.63, 3.8) is 0 Å². The zero-order chi connectivity index (χ0) is 20.4. The van der Waals surface area contributed by atoms with Crippen molar-refractivity contribution in [2.45, 2.75) is 19.4 Å². The van der Waals surface area contributed by atoms with Gasteiger partial charge in [0.2, 0.25) is 0 Å². The van der Waals surface area contributed by atoms with E-state index in [9.17, 15) is 14.4 Å². The minimum Gasteiger partial charge on any atom is -0.454 e. The third kappa shape index (κ3) is 6.80. The number of esters is 1. The number of para-hydroxylation sites is 1. The molecule has 1 atom stereocenters. The van der Waals surface area contributed by atoms with E-state index in [0.29, 0.717) is 11.4 Å². The number of rotatable bonds is 7. The Labute approximate surface area is 162 Å². The third-order valence-corrected chi connectivity index (χ3v) is 3.60. The molecule has 0 aliphatic rings. The van der Waals surface area contributed by atoms with E-state index in [1.54, 1.807) is 48.5 Å². The van der Waals surface area contributed by atoms with Crippen molar-refractivity contribution in [1.29, 1.82) is 5.26 Å². The standard InChI is InChI=1S/C20H20N4O4/c1-14(22-20(27)24-16-5-3-2-4-6-16)19(26)28-13-18(25)23-17-9-7-15(8-10-17)11-12-21/h2-10,14H,11,13H2,1H3,(H,23,25)(H2,22,24,27)/t14-/m0/s1. The molecule has 2 aromatic carbocycles. The Kier molecular flexibility index (Phi) is 7.54. The molecule has 8 heteroatoms. The minimum absolute atomic E-state index is 0.286. The Balaban J connectivity index is 1.73. The van der Waals surface area contributed by atoms with Gasteiger partial charge in [0.1, 0.15) is 6.04 Å². The number of hydrogen-bond donors (Lipinski definition) is 3. The number of benzene rings is 2. The first-order valence-electron chi connectivity index (χ1n) is 8.53. The fourth-order valence-corrected chi connectivity index (χ4v) is 2.20. The summed E-state index contributed by atoms with van der Waals surface area (Å²) in [6, 6.07) is 16.1. The fraction of sp³-hybridized carbons (Fsp3) is 0.200. The zero-order valence-corrected chi connectivity index (χ0v) is 15.3. The summed E-state index contributed by atoms with van der Waals surface area (Å²) in [7, 11) is 0. The number of amides is 3. The molecule has 0 unspecified atom stereocenters. The second-order valence-electron chi connectivity index (χ2n) is 5.87. The van der Waals surface area contributed by atoms with E-state index in [4.69, 9.17) is 10.00 Å². The van der Waals surface area contributed by atoms with Crippen LogP contribution in [0.5, 0.6) is 0 Å². The van der Waals surface area contributed by atoms with Crippen molar-refractivity contribution in [3.05, 3.63) is 60.2 Å². The van der Waals surface area contributed by atoms with Crippen LogP contribution < -0.4 is 16.0 Å². The number of nitriles is 1. The van der Waals surface area contributed by atoms with Crippen molar-refractivity contribution >= 4 is 29.3 Å². The van der Waals surface area contributed by atoms with Gasteiger partial charge in [-0.15, -0.1) is 0 Å². The molecule has 0 saturated carbocycles. The number of urea groups is 1. The number of carbonyl (C=O) groups excluding carboxylic acids is 3. The highest BCUT2D eigenvalue weighted by molar-refractivity contribution is 5.94. The summed E-state index contributed by atoms with van der Waals surface area (Å²) in [6.07, 6.45) is 0.286. The molecule has 0 spiro atoms. The van der Waals surface area contributed by atoms with Crippen LogP contribution in [0, 0.1) is 11.3 Å². The van der Waals surface area contributed by atoms with Gasteiger partial charge in [-0.1, -0.05) is 30.3 Å². The number of hydrogen-bond acceptors (Lipinski definition) is 5. The Hall–Kier alpha value is -3.86. The smallest absolute Gasteiger partial charge is 0.328 e. The van der Waals surface area contributed by atoms with Crippen LogP contribution in [0.1, 0.15) is 12.5 Å². The molecule has 3 amide bonds. The molecule has 0 saturated heterocycles. The van der Waals surface area contributed by atoms with Gasteiger partial charge >= 0.3 is 12.0 Å². The molecule has 0 heterocycles. The van der Waals surface area contributed by atoms with Crippen molar-refractivity contribution < 1.29 is 19.1 Å². The Morgan fingerprint density at radius 3 is 2.29 bits per heavy atom. The summed E-state index contributed by atoms with van der Waals surface area (Å²) < 4.78 is 4.91. The summed E-state index contributed by atoms with van der Waals surface area (Å²) in [5.74, 6) is -1.25. The average Bonchev–Trinajstić information content (AvgIpc) is 2.68. The number of ether oxygens (including phenoxy) is 1. The first kappa shape index (κ1) is 20.5. The number of anilines is 2. The van der Waals surface area contributed by atoms with Gasteiger partial charge in [-0.3, -0.25) is 4.79 Å². The van der Waals surface area contributed by atoms with Crippen LogP contribution in [0.15, 0.2) is 54.6 Å². The molecule has 144 valence electrons. The average molecular weight is 380 g/mol. The summed E-state index contributed by atoms with van der Waals surface area (Å²) in [6.45, 7) is 0.976. The van der Waals surface area contributed by atoms with E-state index in [2.05, 4.69) is 16.0 Å². The van der Waals surface area contributed by atoms with Crippen LogP contribution in [0.25, 0.3) is 0 Å². The topological polar surface area (TPSA) is 120 Å². The molecule has 0 aliphatic carbocycles. The normalized spacial score (nSPS) is 10.9. The van der Waals surface area contributed by atoms with Gasteiger partial charge in [0.05, 0.1) is 12.5 Å². The number of nitrogens with one attached hydrogen (secondary N) is 3. The quantitative estimate of drug-likeness (QED) is 0.637. The summed E-state index contributed by atoms with van der Waals surface area (Å²) in [5, 5.41) is 16.2. The summed E-state index contributed by atoms with van der Waals surface area (Å²) in [4.78, 5) is 35.7. The van der Waals surface area contributed by atoms with Crippen LogP contribution >= 0.6 is 0 Å². The molecule has 2 rings (SSSR count). The molecule has 28 heavy (non-hydrogen) atoms. The Morgan fingerprint density at radius 2 is 1.64 bits per heavy atom. The maximum absolute atomic E-state index is 11.9. The first-order chi connectivity index (χ1) is 13.5. The second kappa shape index (κ2) is 10.3. The van der Waals surface area contributed by atoms with Gasteiger partial charge < -0.3 is 20.7 Å². The molecule has 0 fully saturated rings. The van der Waals surface area contributed by atoms with Crippen LogP contribution in [0.4, 0.5) is 16.2 Å². The van der Waals surface area contributed by atoms with Crippen molar-refractivity contribution in [1.82, 2.24) is 5.32 Å². The molecule has 0 bridgehead atoms. The fourth-order valence-electron chi connectivity index (χ4n) is 2.20. The molecule has 0 aliphatic heterocycles. The molecule has 0 aromatic heterocycles. The van der Waals surface area contributed by atoms with Crippen LogP contribution in [0.3, 0.4) is 0 Å². The number of carbonyl (C=O) groups is 3. The summed E-state index contributed by atoms with van der Waals surface area (Å²) in [5.41, 5.74) is 1.94. The molecule has 3 N–H and O–H groups in total. The maximum Gasteiger partial charge on any atom is 0.328 e. The van der Waals surface area contributed by atoms with Crippen molar-refractivity contribution in [2.24, 2.45) is 0 Å². The number of nitrogens with zero attached hydrogens (tertiary/aromatic N) is 1. The lowest BCUT2D eigenvalue weighted by molar-refractivity contribution is -0.148. The molecule has 8 nitrogen and oxygen atoms in total. The van der Waals surface area contributed by atoms with Crippen molar-refractivity contribution in [2.75, 3.05) is 17.2 Å².